The first-order valence-corrected chi connectivity index (χ1v) is 8.25. The maximum Gasteiger partial charge on any atom is 0.319 e. The van der Waals surface area contributed by atoms with Crippen molar-refractivity contribution < 1.29 is 9.90 Å². The quantitative estimate of drug-likeness (QED) is 0.739. The van der Waals surface area contributed by atoms with Crippen LogP contribution in [-0.2, 0) is 0 Å². The molecule has 2 amide bonds. The molecule has 0 bridgehead atoms. The largest absolute Gasteiger partial charge is 0.387 e. The van der Waals surface area contributed by atoms with E-state index in [2.05, 4.69) is 10.6 Å². The highest BCUT2D eigenvalue weighted by Gasteiger charge is 2.10. The van der Waals surface area contributed by atoms with Gasteiger partial charge in [-0.2, -0.15) is 0 Å². The fourth-order valence-corrected chi connectivity index (χ4v) is 2.42. The normalized spacial score (nSPS) is 11.8. The molecule has 0 aliphatic carbocycles. The van der Waals surface area contributed by atoms with Crippen LogP contribution in [0.4, 0.5) is 10.5 Å². The summed E-state index contributed by atoms with van der Waals surface area (Å²) in [5, 5.41) is 15.6. The second-order valence-corrected chi connectivity index (χ2v) is 5.82. The Morgan fingerprint density at radius 3 is 2.50 bits per heavy atom. The number of aliphatic hydroxyl groups is 1. The van der Waals surface area contributed by atoms with Crippen molar-refractivity contribution in [3.05, 3.63) is 59.7 Å². The lowest BCUT2D eigenvalue weighted by molar-refractivity contribution is 0.175. The van der Waals surface area contributed by atoms with E-state index in [1.807, 2.05) is 61.7 Å². The van der Waals surface area contributed by atoms with E-state index in [0.29, 0.717) is 0 Å². The fraction of sp³-hybridized carbons (Fsp3) is 0.235. The van der Waals surface area contributed by atoms with Gasteiger partial charge in [0.15, 0.2) is 0 Å². The number of amides is 2. The molecule has 0 spiro atoms. The van der Waals surface area contributed by atoms with Crippen LogP contribution in [0, 0.1) is 6.92 Å². The Morgan fingerprint density at radius 1 is 1.18 bits per heavy atom. The van der Waals surface area contributed by atoms with Crippen molar-refractivity contribution >= 4 is 23.5 Å². The lowest BCUT2D eigenvalue weighted by atomic mass is 10.1. The van der Waals surface area contributed by atoms with E-state index in [-0.39, 0.29) is 12.6 Å². The van der Waals surface area contributed by atoms with Gasteiger partial charge in [0.25, 0.3) is 0 Å². The highest BCUT2D eigenvalue weighted by Crippen LogP contribution is 2.19. The molecule has 0 unspecified atom stereocenters. The SMILES string of the molecule is CSc1ccc([C@H](O)CNC(=O)Nc2ccccc2C)cc1. The number of nitrogens with one attached hydrogen (secondary N) is 2. The molecular weight excluding hydrogens is 296 g/mol. The topological polar surface area (TPSA) is 61.4 Å². The maximum atomic E-state index is 11.9. The average Bonchev–Trinajstić information content (AvgIpc) is 2.55. The molecule has 0 aliphatic rings. The van der Waals surface area contributed by atoms with Crippen LogP contribution in [0.1, 0.15) is 17.2 Å². The number of hydrogen-bond acceptors (Lipinski definition) is 3. The molecule has 4 nitrogen and oxygen atoms in total. The zero-order valence-corrected chi connectivity index (χ0v) is 13.5. The first kappa shape index (κ1) is 16.4. The van der Waals surface area contributed by atoms with E-state index in [9.17, 15) is 9.90 Å². The Balaban J connectivity index is 1.86. The van der Waals surface area contributed by atoms with Gasteiger partial charge in [0.2, 0.25) is 0 Å². The van der Waals surface area contributed by atoms with Crippen LogP contribution < -0.4 is 10.6 Å². The minimum atomic E-state index is -0.724. The van der Waals surface area contributed by atoms with E-state index in [1.165, 1.54) is 0 Å². The number of rotatable bonds is 5. The van der Waals surface area contributed by atoms with Gasteiger partial charge in [-0.3, -0.25) is 0 Å². The van der Waals surface area contributed by atoms with Crippen LogP contribution in [-0.4, -0.2) is 23.9 Å². The van der Waals surface area contributed by atoms with E-state index < -0.39 is 6.10 Å². The summed E-state index contributed by atoms with van der Waals surface area (Å²) in [4.78, 5) is 13.0. The van der Waals surface area contributed by atoms with Crippen molar-refractivity contribution in [3.8, 4) is 0 Å². The summed E-state index contributed by atoms with van der Waals surface area (Å²) in [6.07, 6.45) is 1.28. The molecule has 22 heavy (non-hydrogen) atoms. The molecule has 2 rings (SSSR count). The number of aryl methyl sites for hydroxylation is 1. The molecule has 0 aromatic heterocycles. The molecule has 3 N–H and O–H groups in total. The summed E-state index contributed by atoms with van der Waals surface area (Å²) in [6, 6.07) is 14.9. The number of urea groups is 1. The van der Waals surface area contributed by atoms with E-state index in [1.54, 1.807) is 11.8 Å². The van der Waals surface area contributed by atoms with Crippen molar-refractivity contribution in [2.45, 2.75) is 17.9 Å². The smallest absolute Gasteiger partial charge is 0.319 e. The molecule has 0 heterocycles. The van der Waals surface area contributed by atoms with Crippen molar-refractivity contribution in [2.24, 2.45) is 0 Å². The van der Waals surface area contributed by atoms with Crippen molar-refractivity contribution in [1.29, 1.82) is 0 Å². The van der Waals surface area contributed by atoms with Gasteiger partial charge in [0.05, 0.1) is 6.10 Å². The first-order chi connectivity index (χ1) is 10.6. The summed E-state index contributed by atoms with van der Waals surface area (Å²) in [7, 11) is 0. The van der Waals surface area contributed by atoms with Gasteiger partial charge < -0.3 is 15.7 Å². The third-order valence-corrected chi connectivity index (χ3v) is 4.09. The Morgan fingerprint density at radius 2 is 1.86 bits per heavy atom. The highest BCUT2D eigenvalue weighted by molar-refractivity contribution is 7.98. The molecule has 0 saturated carbocycles. The Hall–Kier alpha value is -1.98. The molecule has 2 aromatic rings. The number of anilines is 1. The van der Waals surface area contributed by atoms with Crippen LogP contribution in [0.3, 0.4) is 0 Å². The second kappa shape index (κ2) is 7.87. The van der Waals surface area contributed by atoms with E-state index >= 15 is 0 Å². The lowest BCUT2D eigenvalue weighted by Gasteiger charge is -2.14. The molecule has 0 aliphatic heterocycles. The zero-order chi connectivity index (χ0) is 15.9. The number of para-hydroxylation sites is 1. The number of thioether (sulfide) groups is 1. The fourth-order valence-electron chi connectivity index (χ4n) is 2.01. The third kappa shape index (κ3) is 4.51. The van der Waals surface area contributed by atoms with Crippen LogP contribution in [0.5, 0.6) is 0 Å². The summed E-state index contributed by atoms with van der Waals surface area (Å²) >= 11 is 1.65. The molecule has 0 fully saturated rings. The third-order valence-electron chi connectivity index (χ3n) is 3.35. The van der Waals surface area contributed by atoms with Gasteiger partial charge in [0, 0.05) is 17.1 Å². The summed E-state index contributed by atoms with van der Waals surface area (Å²) in [5.74, 6) is 0. The summed E-state index contributed by atoms with van der Waals surface area (Å²) in [6.45, 7) is 2.09. The minimum Gasteiger partial charge on any atom is -0.387 e. The molecular formula is C17H20N2O2S. The molecule has 1 atom stereocenters. The number of carbonyl (C=O) groups is 1. The van der Waals surface area contributed by atoms with Crippen LogP contribution in [0.2, 0.25) is 0 Å². The maximum absolute atomic E-state index is 11.9. The van der Waals surface area contributed by atoms with Gasteiger partial charge in [0.1, 0.15) is 0 Å². The predicted octanol–water partition coefficient (Wildman–Crippen LogP) is 3.57. The molecule has 0 saturated heterocycles. The molecule has 116 valence electrons. The Kier molecular flexibility index (Phi) is 5.86. The summed E-state index contributed by atoms with van der Waals surface area (Å²) < 4.78 is 0. The minimum absolute atomic E-state index is 0.163. The van der Waals surface area contributed by atoms with E-state index in [0.717, 1.165) is 21.7 Å². The number of benzene rings is 2. The highest BCUT2D eigenvalue weighted by atomic mass is 32.2. The first-order valence-electron chi connectivity index (χ1n) is 7.02. The van der Waals surface area contributed by atoms with Crippen molar-refractivity contribution in [3.63, 3.8) is 0 Å². The standard InChI is InChI=1S/C17H20N2O2S/c1-12-5-3-4-6-15(12)19-17(21)18-11-16(20)13-7-9-14(22-2)10-8-13/h3-10,16,20H,11H2,1-2H3,(H2,18,19,21)/t16-/m1/s1. The van der Waals surface area contributed by atoms with Gasteiger partial charge >= 0.3 is 6.03 Å². The van der Waals surface area contributed by atoms with Crippen LogP contribution in [0.25, 0.3) is 0 Å². The second-order valence-electron chi connectivity index (χ2n) is 4.94. The molecule has 0 radical (unpaired) electrons. The number of aliphatic hydroxyl groups excluding tert-OH is 1. The monoisotopic (exact) mass is 316 g/mol. The average molecular weight is 316 g/mol. The summed E-state index contributed by atoms with van der Waals surface area (Å²) in [5.41, 5.74) is 2.54. The van der Waals surface area contributed by atoms with Gasteiger partial charge in [-0.15, -0.1) is 11.8 Å². The van der Waals surface area contributed by atoms with Crippen LogP contribution >= 0.6 is 11.8 Å². The van der Waals surface area contributed by atoms with Gasteiger partial charge in [-0.05, 0) is 42.5 Å². The van der Waals surface area contributed by atoms with Gasteiger partial charge in [-0.25, -0.2) is 4.79 Å². The Bertz CT molecular complexity index is 629. The Labute approximate surface area is 134 Å². The van der Waals surface area contributed by atoms with Crippen molar-refractivity contribution in [2.75, 3.05) is 18.1 Å². The zero-order valence-electron chi connectivity index (χ0n) is 12.7. The van der Waals surface area contributed by atoms with Crippen molar-refractivity contribution in [1.82, 2.24) is 5.32 Å². The van der Waals surface area contributed by atoms with E-state index in [4.69, 9.17) is 0 Å². The predicted molar refractivity (Wildman–Crippen MR) is 91.4 cm³/mol. The molecule has 2 aromatic carbocycles. The number of hydrogen-bond donors (Lipinski definition) is 3. The lowest BCUT2D eigenvalue weighted by Crippen LogP contribution is -2.32. The van der Waals surface area contributed by atoms with Gasteiger partial charge in [-0.1, -0.05) is 30.3 Å². The molecule has 5 heteroatoms. The van der Waals surface area contributed by atoms with Crippen LogP contribution in [0.15, 0.2) is 53.4 Å². The number of carbonyl (C=O) groups excluding carboxylic acids is 1.